The summed E-state index contributed by atoms with van der Waals surface area (Å²) in [6.07, 6.45) is 0. The molecule has 21 heavy (non-hydrogen) atoms. The van der Waals surface area contributed by atoms with Crippen LogP contribution in [0.15, 0.2) is 16.9 Å². The quantitative estimate of drug-likeness (QED) is 0.936. The fourth-order valence-corrected chi connectivity index (χ4v) is 2.90. The average molecular weight is 307 g/mol. The van der Waals surface area contributed by atoms with Crippen LogP contribution in [0.4, 0.5) is 5.00 Å². The van der Waals surface area contributed by atoms with Gasteiger partial charge in [0.25, 0.3) is 5.56 Å². The van der Waals surface area contributed by atoms with E-state index in [4.69, 9.17) is 4.74 Å². The Balaban J connectivity index is 2.15. The van der Waals surface area contributed by atoms with Crippen molar-refractivity contribution in [1.82, 2.24) is 9.78 Å². The molecule has 2 heterocycles. The Kier molecular flexibility index (Phi) is 4.42. The van der Waals surface area contributed by atoms with Gasteiger partial charge in [0, 0.05) is 17.0 Å². The van der Waals surface area contributed by atoms with Crippen LogP contribution in [0.2, 0.25) is 0 Å². The van der Waals surface area contributed by atoms with Gasteiger partial charge in [0.2, 0.25) is 11.8 Å². The number of amides is 1. The standard InChI is InChI=1S/C14H17N3O3S/c1-8-9(2)14(21-10(8)3)15-11(18)7-17-13(19)6-5-12(16-17)20-4/h5-6H,7H2,1-4H3,(H,15,18). The van der Waals surface area contributed by atoms with Crippen LogP contribution in [0.1, 0.15) is 16.0 Å². The van der Waals surface area contributed by atoms with Gasteiger partial charge >= 0.3 is 0 Å². The third kappa shape index (κ3) is 3.30. The third-order valence-electron chi connectivity index (χ3n) is 3.28. The molecule has 0 bridgehead atoms. The fraction of sp³-hybridized carbons (Fsp3) is 0.357. The topological polar surface area (TPSA) is 73.2 Å². The van der Waals surface area contributed by atoms with E-state index in [2.05, 4.69) is 10.4 Å². The summed E-state index contributed by atoms with van der Waals surface area (Å²) >= 11 is 1.53. The van der Waals surface area contributed by atoms with Crippen LogP contribution in [0.5, 0.6) is 5.88 Å². The summed E-state index contributed by atoms with van der Waals surface area (Å²) in [5.41, 5.74) is 1.88. The smallest absolute Gasteiger partial charge is 0.267 e. The number of aryl methyl sites for hydroxylation is 1. The van der Waals surface area contributed by atoms with Crippen molar-refractivity contribution in [2.75, 3.05) is 12.4 Å². The summed E-state index contributed by atoms with van der Waals surface area (Å²) in [6, 6.07) is 2.79. The Morgan fingerprint density at radius 1 is 1.33 bits per heavy atom. The molecule has 0 aromatic carbocycles. The van der Waals surface area contributed by atoms with Crippen LogP contribution in [-0.4, -0.2) is 22.8 Å². The molecule has 0 saturated heterocycles. The van der Waals surface area contributed by atoms with Gasteiger partial charge in [-0.25, -0.2) is 4.68 Å². The lowest BCUT2D eigenvalue weighted by Crippen LogP contribution is -2.29. The van der Waals surface area contributed by atoms with E-state index in [1.165, 1.54) is 41.0 Å². The first kappa shape index (κ1) is 15.2. The number of rotatable bonds is 4. The highest BCUT2D eigenvalue weighted by Gasteiger charge is 2.13. The van der Waals surface area contributed by atoms with Gasteiger partial charge in [0.15, 0.2) is 0 Å². The van der Waals surface area contributed by atoms with Gasteiger partial charge in [-0.15, -0.1) is 16.4 Å². The molecule has 0 fully saturated rings. The molecule has 0 unspecified atom stereocenters. The van der Waals surface area contributed by atoms with Crippen molar-refractivity contribution < 1.29 is 9.53 Å². The Bertz CT molecular complexity index is 734. The van der Waals surface area contributed by atoms with E-state index in [9.17, 15) is 9.59 Å². The van der Waals surface area contributed by atoms with E-state index < -0.39 is 0 Å². The van der Waals surface area contributed by atoms with Crippen LogP contribution >= 0.6 is 11.3 Å². The lowest BCUT2D eigenvalue weighted by Gasteiger charge is -2.07. The third-order valence-corrected chi connectivity index (χ3v) is 4.51. The molecule has 2 aromatic heterocycles. The predicted octanol–water partition coefficient (Wildman–Crippen LogP) is 1.88. The van der Waals surface area contributed by atoms with Crippen LogP contribution in [0, 0.1) is 20.8 Å². The van der Waals surface area contributed by atoms with E-state index >= 15 is 0 Å². The van der Waals surface area contributed by atoms with Crippen LogP contribution in [0.3, 0.4) is 0 Å². The van der Waals surface area contributed by atoms with Gasteiger partial charge in [-0.05, 0) is 31.9 Å². The average Bonchev–Trinajstić information content (AvgIpc) is 2.68. The van der Waals surface area contributed by atoms with Gasteiger partial charge in [-0.3, -0.25) is 9.59 Å². The van der Waals surface area contributed by atoms with Crippen molar-refractivity contribution in [1.29, 1.82) is 0 Å². The molecular weight excluding hydrogens is 290 g/mol. The summed E-state index contributed by atoms with van der Waals surface area (Å²) in [6.45, 7) is 5.84. The van der Waals surface area contributed by atoms with E-state index in [1.54, 1.807) is 0 Å². The Morgan fingerprint density at radius 2 is 2.05 bits per heavy atom. The maximum absolute atomic E-state index is 12.1. The van der Waals surface area contributed by atoms with Crippen LogP contribution in [0.25, 0.3) is 0 Å². The highest BCUT2D eigenvalue weighted by Crippen LogP contribution is 2.31. The molecule has 1 N–H and O–H groups in total. The second-order valence-corrected chi connectivity index (χ2v) is 5.88. The summed E-state index contributed by atoms with van der Waals surface area (Å²) in [5.74, 6) is 0.00333. The molecule has 1 amide bonds. The first-order valence-electron chi connectivity index (χ1n) is 6.41. The van der Waals surface area contributed by atoms with Gasteiger partial charge in [0.1, 0.15) is 6.54 Å². The fourth-order valence-electron chi connectivity index (χ4n) is 1.81. The van der Waals surface area contributed by atoms with Crippen molar-refractivity contribution in [2.24, 2.45) is 0 Å². The van der Waals surface area contributed by atoms with Gasteiger partial charge < -0.3 is 10.1 Å². The van der Waals surface area contributed by atoms with Crippen LogP contribution in [-0.2, 0) is 11.3 Å². The SMILES string of the molecule is COc1ccc(=O)n(CC(=O)Nc2sc(C)c(C)c2C)n1. The van der Waals surface area contributed by atoms with Gasteiger partial charge in [-0.1, -0.05) is 0 Å². The van der Waals surface area contributed by atoms with Crippen molar-refractivity contribution in [3.05, 3.63) is 38.5 Å². The van der Waals surface area contributed by atoms with Crippen molar-refractivity contribution >= 4 is 22.2 Å². The monoisotopic (exact) mass is 307 g/mol. The molecule has 6 nitrogen and oxygen atoms in total. The van der Waals surface area contributed by atoms with Gasteiger partial charge in [0.05, 0.1) is 12.1 Å². The minimum absolute atomic E-state index is 0.147. The maximum atomic E-state index is 12.1. The molecule has 0 spiro atoms. The summed E-state index contributed by atoms with van der Waals surface area (Å²) in [4.78, 5) is 24.9. The van der Waals surface area contributed by atoms with E-state index in [0.29, 0.717) is 5.88 Å². The molecule has 2 aromatic rings. The largest absolute Gasteiger partial charge is 0.480 e. The van der Waals surface area contributed by atoms with Crippen molar-refractivity contribution in [3.8, 4) is 5.88 Å². The number of nitrogens with one attached hydrogen (secondary N) is 1. The number of methoxy groups -OCH3 is 1. The molecule has 0 saturated carbocycles. The molecule has 0 radical (unpaired) electrons. The molecule has 0 atom stereocenters. The van der Waals surface area contributed by atoms with Crippen molar-refractivity contribution in [2.45, 2.75) is 27.3 Å². The molecule has 0 aliphatic carbocycles. The Labute approximate surface area is 126 Å². The minimum Gasteiger partial charge on any atom is -0.480 e. The highest BCUT2D eigenvalue weighted by molar-refractivity contribution is 7.16. The predicted molar refractivity (Wildman–Crippen MR) is 82.2 cm³/mol. The number of thiophene rings is 1. The lowest BCUT2D eigenvalue weighted by atomic mass is 10.2. The molecule has 2 rings (SSSR count). The van der Waals surface area contributed by atoms with Crippen molar-refractivity contribution in [3.63, 3.8) is 0 Å². The normalized spacial score (nSPS) is 10.5. The van der Waals surface area contributed by atoms with Gasteiger partial charge in [-0.2, -0.15) is 0 Å². The first-order chi connectivity index (χ1) is 9.92. The number of hydrogen-bond donors (Lipinski definition) is 1. The lowest BCUT2D eigenvalue weighted by molar-refractivity contribution is -0.117. The summed E-state index contributed by atoms with van der Waals surface area (Å²) in [7, 11) is 1.46. The van der Waals surface area contributed by atoms with Crippen LogP contribution < -0.4 is 15.6 Å². The highest BCUT2D eigenvalue weighted by atomic mass is 32.1. The Hall–Kier alpha value is -2.15. The number of carbonyl (C=O) groups is 1. The van der Waals surface area contributed by atoms with E-state index in [1.807, 2.05) is 20.8 Å². The number of hydrogen-bond acceptors (Lipinski definition) is 5. The number of ether oxygens (including phenoxy) is 1. The number of anilines is 1. The zero-order valence-electron chi connectivity index (χ0n) is 12.4. The second-order valence-electron chi connectivity index (χ2n) is 4.66. The molecule has 0 aliphatic heterocycles. The Morgan fingerprint density at radius 3 is 2.62 bits per heavy atom. The van der Waals surface area contributed by atoms with E-state index in [-0.39, 0.29) is 18.0 Å². The minimum atomic E-state index is -0.346. The number of aromatic nitrogens is 2. The maximum Gasteiger partial charge on any atom is 0.267 e. The molecule has 7 heteroatoms. The number of carbonyl (C=O) groups excluding carboxylic acids is 1. The zero-order valence-corrected chi connectivity index (χ0v) is 13.2. The molecule has 0 aliphatic rings. The second kappa shape index (κ2) is 6.09. The summed E-state index contributed by atoms with van der Waals surface area (Å²) < 4.78 is 6.03. The number of nitrogens with zero attached hydrogens (tertiary/aromatic N) is 2. The summed E-state index contributed by atoms with van der Waals surface area (Å²) in [5, 5.41) is 7.58. The molecular formula is C14H17N3O3S. The molecule has 112 valence electrons. The first-order valence-corrected chi connectivity index (χ1v) is 7.22. The van der Waals surface area contributed by atoms with E-state index in [0.717, 1.165) is 15.2 Å². The zero-order chi connectivity index (χ0) is 15.6.